The molecule has 1 aromatic carbocycles. The summed E-state index contributed by atoms with van der Waals surface area (Å²) < 4.78 is 16.3. The summed E-state index contributed by atoms with van der Waals surface area (Å²) in [7, 11) is 0. The van der Waals surface area contributed by atoms with Crippen LogP contribution in [0.4, 0.5) is 4.79 Å². The molecule has 1 aliphatic heterocycles. The number of hydrogen-bond acceptors (Lipinski definition) is 7. The molecule has 35 heavy (non-hydrogen) atoms. The number of likely N-dealkylation sites (tertiary alicyclic amines) is 1. The van der Waals surface area contributed by atoms with Gasteiger partial charge in [-0.3, -0.25) is 9.59 Å². The SMILES string of the molecule is CC(C)(C)OC(C[C@H](NC(=O)OCc1ccccc1)C(=O)N1CCC(OCC(=O)O)CC1)C(N)=O. The van der Waals surface area contributed by atoms with Crippen LogP contribution in [0.25, 0.3) is 0 Å². The van der Waals surface area contributed by atoms with Gasteiger partial charge in [-0.15, -0.1) is 0 Å². The Kier molecular flexibility index (Phi) is 10.5. The summed E-state index contributed by atoms with van der Waals surface area (Å²) in [5, 5.41) is 11.3. The Balaban J connectivity index is 2.06. The first-order chi connectivity index (χ1) is 16.4. The highest BCUT2D eigenvalue weighted by molar-refractivity contribution is 5.87. The van der Waals surface area contributed by atoms with Gasteiger partial charge in [0.2, 0.25) is 11.8 Å². The summed E-state index contributed by atoms with van der Waals surface area (Å²) in [4.78, 5) is 50.1. The first-order valence-corrected chi connectivity index (χ1v) is 11.5. The average molecular weight is 494 g/mol. The minimum atomic E-state index is -1.12. The molecule has 1 aliphatic rings. The fraction of sp³-hybridized carbons (Fsp3) is 0.583. The summed E-state index contributed by atoms with van der Waals surface area (Å²) >= 11 is 0. The van der Waals surface area contributed by atoms with Crippen molar-refractivity contribution in [1.29, 1.82) is 0 Å². The van der Waals surface area contributed by atoms with Crippen LogP contribution in [0.1, 0.15) is 45.6 Å². The van der Waals surface area contributed by atoms with Crippen molar-refractivity contribution in [2.24, 2.45) is 5.73 Å². The van der Waals surface area contributed by atoms with Crippen LogP contribution in [0.15, 0.2) is 30.3 Å². The Labute approximate surface area is 204 Å². The minimum absolute atomic E-state index is 0.0115. The first kappa shape index (κ1) is 28.1. The summed E-state index contributed by atoms with van der Waals surface area (Å²) in [5.41, 5.74) is 5.59. The van der Waals surface area contributed by atoms with Crippen molar-refractivity contribution in [2.45, 2.75) is 70.5 Å². The molecule has 0 saturated carbocycles. The number of amides is 3. The molecule has 2 rings (SSSR count). The van der Waals surface area contributed by atoms with Crippen molar-refractivity contribution in [3.8, 4) is 0 Å². The van der Waals surface area contributed by atoms with Crippen LogP contribution < -0.4 is 11.1 Å². The molecule has 3 amide bonds. The minimum Gasteiger partial charge on any atom is -0.480 e. The molecule has 194 valence electrons. The lowest BCUT2D eigenvalue weighted by atomic mass is 10.0. The second kappa shape index (κ2) is 13.1. The van der Waals surface area contributed by atoms with E-state index in [9.17, 15) is 19.2 Å². The van der Waals surface area contributed by atoms with E-state index in [2.05, 4.69) is 5.32 Å². The number of carboxylic acid groups (broad SMARTS) is 1. The highest BCUT2D eigenvalue weighted by Gasteiger charge is 2.35. The van der Waals surface area contributed by atoms with E-state index in [0.717, 1.165) is 5.56 Å². The van der Waals surface area contributed by atoms with E-state index < -0.39 is 48.2 Å². The number of benzene rings is 1. The van der Waals surface area contributed by atoms with Gasteiger partial charge in [0.25, 0.3) is 0 Å². The second-order valence-electron chi connectivity index (χ2n) is 9.34. The molecule has 1 fully saturated rings. The lowest BCUT2D eigenvalue weighted by Gasteiger charge is -2.35. The molecule has 1 unspecified atom stereocenters. The summed E-state index contributed by atoms with van der Waals surface area (Å²) in [6.07, 6.45) is -1.48. The quantitative estimate of drug-likeness (QED) is 0.418. The summed E-state index contributed by atoms with van der Waals surface area (Å²) in [5.74, 6) is -2.22. The Morgan fingerprint density at radius 3 is 2.31 bits per heavy atom. The summed E-state index contributed by atoms with van der Waals surface area (Å²) in [6.45, 7) is 5.48. The van der Waals surface area contributed by atoms with Crippen molar-refractivity contribution >= 4 is 23.9 Å². The van der Waals surface area contributed by atoms with Crippen LogP contribution in [0.5, 0.6) is 0 Å². The molecule has 0 aromatic heterocycles. The molecule has 11 heteroatoms. The van der Waals surface area contributed by atoms with Gasteiger partial charge < -0.3 is 35.3 Å². The number of nitrogens with one attached hydrogen (secondary N) is 1. The third-order valence-electron chi connectivity index (χ3n) is 5.26. The maximum absolute atomic E-state index is 13.3. The van der Waals surface area contributed by atoms with Gasteiger partial charge in [0.15, 0.2) is 0 Å². The predicted octanol–water partition coefficient (Wildman–Crippen LogP) is 1.43. The van der Waals surface area contributed by atoms with Gasteiger partial charge in [-0.25, -0.2) is 9.59 Å². The number of carboxylic acids is 1. The van der Waals surface area contributed by atoms with Gasteiger partial charge in [0, 0.05) is 19.5 Å². The molecule has 4 N–H and O–H groups in total. The maximum Gasteiger partial charge on any atom is 0.408 e. The van der Waals surface area contributed by atoms with Gasteiger partial charge in [-0.05, 0) is 39.2 Å². The predicted molar refractivity (Wildman–Crippen MR) is 125 cm³/mol. The Morgan fingerprint density at radius 1 is 1.14 bits per heavy atom. The normalized spacial score (nSPS) is 16.3. The number of primary amides is 1. The largest absolute Gasteiger partial charge is 0.480 e. The molecule has 11 nitrogen and oxygen atoms in total. The Hall–Kier alpha value is -3.18. The monoisotopic (exact) mass is 493 g/mol. The molecule has 0 aliphatic carbocycles. The van der Waals surface area contributed by atoms with E-state index in [1.807, 2.05) is 18.2 Å². The maximum atomic E-state index is 13.3. The van der Waals surface area contributed by atoms with Crippen LogP contribution in [0.3, 0.4) is 0 Å². The molecule has 0 radical (unpaired) electrons. The first-order valence-electron chi connectivity index (χ1n) is 11.5. The van der Waals surface area contributed by atoms with Crippen LogP contribution in [-0.2, 0) is 35.2 Å². The van der Waals surface area contributed by atoms with Gasteiger partial charge in [-0.2, -0.15) is 0 Å². The van der Waals surface area contributed by atoms with E-state index >= 15 is 0 Å². The number of nitrogens with zero attached hydrogens (tertiary/aromatic N) is 1. The fourth-order valence-electron chi connectivity index (χ4n) is 3.64. The van der Waals surface area contributed by atoms with E-state index in [-0.39, 0.29) is 19.1 Å². The van der Waals surface area contributed by atoms with Crippen molar-refractivity contribution in [2.75, 3.05) is 19.7 Å². The molecule has 0 bridgehead atoms. The van der Waals surface area contributed by atoms with Crippen LogP contribution in [0.2, 0.25) is 0 Å². The van der Waals surface area contributed by atoms with Crippen LogP contribution >= 0.6 is 0 Å². The van der Waals surface area contributed by atoms with Crippen molar-refractivity contribution in [3.05, 3.63) is 35.9 Å². The molecule has 1 heterocycles. The smallest absolute Gasteiger partial charge is 0.408 e. The molecule has 1 saturated heterocycles. The number of carbonyl (C=O) groups excluding carboxylic acids is 3. The number of carbonyl (C=O) groups is 4. The van der Waals surface area contributed by atoms with Crippen molar-refractivity contribution < 1.29 is 38.5 Å². The zero-order valence-corrected chi connectivity index (χ0v) is 20.4. The number of piperidine rings is 1. The Morgan fingerprint density at radius 2 is 1.77 bits per heavy atom. The third-order valence-corrected chi connectivity index (χ3v) is 5.26. The number of rotatable bonds is 11. The van der Waals surface area contributed by atoms with E-state index in [0.29, 0.717) is 25.9 Å². The lowest BCUT2D eigenvalue weighted by Crippen LogP contribution is -2.54. The third kappa shape index (κ3) is 10.3. The van der Waals surface area contributed by atoms with Crippen molar-refractivity contribution in [3.63, 3.8) is 0 Å². The van der Waals surface area contributed by atoms with E-state index in [1.54, 1.807) is 32.9 Å². The van der Waals surface area contributed by atoms with Crippen LogP contribution in [0, 0.1) is 0 Å². The zero-order valence-electron chi connectivity index (χ0n) is 20.4. The number of aliphatic carboxylic acids is 1. The van der Waals surface area contributed by atoms with Crippen LogP contribution in [-0.4, -0.2) is 77.4 Å². The van der Waals surface area contributed by atoms with Crippen molar-refractivity contribution in [1.82, 2.24) is 10.2 Å². The molecule has 2 atom stereocenters. The summed E-state index contributed by atoms with van der Waals surface area (Å²) in [6, 6.07) is 7.95. The van der Waals surface area contributed by atoms with Gasteiger partial charge in [-0.1, -0.05) is 30.3 Å². The highest BCUT2D eigenvalue weighted by Crippen LogP contribution is 2.19. The fourth-order valence-corrected chi connectivity index (χ4v) is 3.64. The zero-order chi connectivity index (χ0) is 26.0. The van der Waals surface area contributed by atoms with E-state index in [1.165, 1.54) is 4.90 Å². The van der Waals surface area contributed by atoms with Gasteiger partial charge in [0.05, 0.1) is 11.7 Å². The lowest BCUT2D eigenvalue weighted by molar-refractivity contribution is -0.148. The number of ether oxygens (including phenoxy) is 3. The molecule has 0 spiro atoms. The number of hydrogen-bond donors (Lipinski definition) is 3. The van der Waals surface area contributed by atoms with Gasteiger partial charge in [0.1, 0.15) is 25.4 Å². The molecule has 1 aromatic rings. The standard InChI is InChI=1S/C24H35N3O8/c1-24(2,3)35-19(21(25)30)13-18(26-23(32)34-14-16-7-5-4-6-8-16)22(31)27-11-9-17(10-12-27)33-15-20(28)29/h4-8,17-19H,9-15H2,1-3H3,(H2,25,30)(H,26,32)(H,28,29)/t18-,19?/m0/s1. The highest BCUT2D eigenvalue weighted by atomic mass is 16.5. The van der Waals surface area contributed by atoms with Gasteiger partial charge >= 0.3 is 12.1 Å². The molecular weight excluding hydrogens is 458 g/mol. The topological polar surface area (TPSA) is 157 Å². The molecular formula is C24H35N3O8. The number of nitrogens with two attached hydrogens (primary N) is 1. The van der Waals surface area contributed by atoms with E-state index in [4.69, 9.17) is 25.1 Å². The second-order valence-corrected chi connectivity index (χ2v) is 9.34. The Bertz CT molecular complexity index is 863. The average Bonchev–Trinajstić information content (AvgIpc) is 2.80. The number of alkyl carbamates (subject to hydrolysis) is 1.